The third-order valence-electron chi connectivity index (χ3n) is 4.27. The molecule has 3 aliphatic rings. The Bertz CT molecular complexity index is 393. The molecular weight excluding hydrogens is 272 g/mol. The monoisotopic (exact) mass is 292 g/mol. The van der Waals surface area contributed by atoms with Crippen LogP contribution < -0.4 is 0 Å². The van der Waals surface area contributed by atoms with Crippen LogP contribution in [0.1, 0.15) is 24.8 Å². The average Bonchev–Trinajstić information content (AvgIpc) is 3.01. The molecule has 100 valence electrons. The second kappa shape index (κ2) is 6.77. The SMILES string of the molecule is C=Cc1cc[c-]cc1.[CH-]1CCC1[CH-]C1[CH-]C2CC12.[Fe+4]. The molecule has 4 atom stereocenters. The Balaban J connectivity index is 0.000000137. The molecule has 0 aliphatic heterocycles. The minimum absolute atomic E-state index is 0. The van der Waals surface area contributed by atoms with E-state index in [0.717, 1.165) is 29.2 Å². The van der Waals surface area contributed by atoms with Crippen molar-refractivity contribution in [3.8, 4) is 0 Å². The van der Waals surface area contributed by atoms with Crippen molar-refractivity contribution < 1.29 is 17.1 Å². The maximum Gasteiger partial charge on any atom is 4.00 e. The van der Waals surface area contributed by atoms with Gasteiger partial charge in [0.15, 0.2) is 0 Å². The first kappa shape index (κ1) is 14.9. The van der Waals surface area contributed by atoms with E-state index in [1.54, 1.807) is 0 Å². The molecule has 0 heterocycles. The molecular formula is C18H20Fe. The zero-order valence-corrected chi connectivity index (χ0v) is 12.2. The van der Waals surface area contributed by atoms with E-state index >= 15 is 0 Å². The van der Waals surface area contributed by atoms with Crippen molar-refractivity contribution in [2.45, 2.75) is 19.3 Å². The molecule has 4 rings (SSSR count). The van der Waals surface area contributed by atoms with Crippen molar-refractivity contribution >= 4 is 6.08 Å². The van der Waals surface area contributed by atoms with Gasteiger partial charge in [0, 0.05) is 0 Å². The second-order valence-corrected chi connectivity index (χ2v) is 5.54. The normalized spacial score (nSPS) is 33.3. The van der Waals surface area contributed by atoms with E-state index in [-0.39, 0.29) is 17.1 Å². The standard InChI is InChI=1S/C10H13.C8H7.Fe/c1-2-7(3-1)4-8-5-9-6-10(8)9;1-2-8-6-4-3-5-7-8;/h2,4-5,7-10H,1,3,6H2;2,4-7H,1H2;/q-3;-1;+4. The van der Waals surface area contributed by atoms with Crippen molar-refractivity contribution in [2.75, 3.05) is 0 Å². The molecule has 0 nitrogen and oxygen atoms in total. The minimum atomic E-state index is 0. The number of hydrogen-bond donors (Lipinski definition) is 0. The van der Waals surface area contributed by atoms with Gasteiger partial charge in [-0.1, -0.05) is 12.5 Å². The summed E-state index contributed by atoms with van der Waals surface area (Å²) < 4.78 is 0. The van der Waals surface area contributed by atoms with E-state index in [4.69, 9.17) is 0 Å². The maximum atomic E-state index is 3.62. The van der Waals surface area contributed by atoms with Gasteiger partial charge in [-0.15, -0.1) is 24.5 Å². The molecule has 3 saturated carbocycles. The van der Waals surface area contributed by atoms with Crippen LogP contribution >= 0.6 is 0 Å². The predicted molar refractivity (Wildman–Crippen MR) is 76.1 cm³/mol. The first-order chi connectivity index (χ1) is 8.86. The van der Waals surface area contributed by atoms with Gasteiger partial charge in [0.25, 0.3) is 0 Å². The van der Waals surface area contributed by atoms with E-state index in [1.807, 2.05) is 30.3 Å². The summed E-state index contributed by atoms with van der Waals surface area (Å²) in [7, 11) is 0. The Kier molecular flexibility index (Phi) is 5.30. The van der Waals surface area contributed by atoms with Crippen LogP contribution in [-0.2, 0) is 17.1 Å². The molecule has 1 heteroatoms. The predicted octanol–water partition coefficient (Wildman–Crippen LogP) is 4.40. The van der Waals surface area contributed by atoms with Crippen molar-refractivity contribution in [2.24, 2.45) is 23.7 Å². The molecule has 0 aromatic heterocycles. The second-order valence-electron chi connectivity index (χ2n) is 5.54. The summed E-state index contributed by atoms with van der Waals surface area (Å²) in [6, 6.07) is 10.6. The Hall–Kier alpha value is -0.521. The van der Waals surface area contributed by atoms with Crippen LogP contribution in [0.5, 0.6) is 0 Å². The molecule has 1 aromatic carbocycles. The van der Waals surface area contributed by atoms with Gasteiger partial charge in [0.05, 0.1) is 0 Å². The Morgan fingerprint density at radius 2 is 2.11 bits per heavy atom. The van der Waals surface area contributed by atoms with Gasteiger partial charge in [-0.25, -0.2) is 0 Å². The van der Waals surface area contributed by atoms with Crippen LogP contribution in [0.4, 0.5) is 0 Å². The van der Waals surface area contributed by atoms with E-state index < -0.39 is 0 Å². The number of benzene rings is 1. The zero-order valence-electron chi connectivity index (χ0n) is 11.1. The van der Waals surface area contributed by atoms with Crippen LogP contribution in [0, 0.1) is 49.0 Å². The number of rotatable bonds is 3. The van der Waals surface area contributed by atoms with Crippen molar-refractivity contribution in [3.63, 3.8) is 0 Å². The summed E-state index contributed by atoms with van der Waals surface area (Å²) in [6.45, 7) is 3.62. The molecule has 19 heavy (non-hydrogen) atoms. The number of hydrogen-bond acceptors (Lipinski definition) is 0. The fourth-order valence-corrected chi connectivity index (χ4v) is 2.74. The van der Waals surface area contributed by atoms with Gasteiger partial charge >= 0.3 is 17.1 Å². The molecule has 1 aromatic rings. The van der Waals surface area contributed by atoms with Crippen molar-refractivity contribution in [1.29, 1.82) is 0 Å². The van der Waals surface area contributed by atoms with E-state index in [2.05, 4.69) is 31.9 Å². The smallest absolute Gasteiger partial charge is 0.380 e. The quantitative estimate of drug-likeness (QED) is 0.572. The van der Waals surface area contributed by atoms with Crippen molar-refractivity contribution in [3.05, 3.63) is 61.7 Å². The summed E-state index contributed by atoms with van der Waals surface area (Å²) in [6.07, 6.45) is 13.7. The van der Waals surface area contributed by atoms with Gasteiger partial charge in [-0.3, -0.25) is 0 Å². The zero-order chi connectivity index (χ0) is 12.4. The topological polar surface area (TPSA) is 0 Å². The fraction of sp³-hybridized carbons (Fsp3) is 0.389. The van der Waals surface area contributed by atoms with Crippen LogP contribution in [0.25, 0.3) is 6.08 Å². The van der Waals surface area contributed by atoms with Gasteiger partial charge in [-0.2, -0.15) is 42.7 Å². The van der Waals surface area contributed by atoms with Gasteiger partial charge < -0.3 is 31.1 Å². The van der Waals surface area contributed by atoms with E-state index in [9.17, 15) is 0 Å². The molecule has 3 aliphatic carbocycles. The maximum absolute atomic E-state index is 3.62. The third kappa shape index (κ3) is 3.74. The minimum Gasteiger partial charge on any atom is -0.380 e. The molecule has 0 bridgehead atoms. The van der Waals surface area contributed by atoms with Crippen LogP contribution in [0.15, 0.2) is 30.8 Å². The van der Waals surface area contributed by atoms with Gasteiger partial charge in [0.2, 0.25) is 0 Å². The molecule has 0 N–H and O–H groups in total. The average molecular weight is 292 g/mol. The molecule has 4 unspecified atom stereocenters. The molecule has 3 fully saturated rings. The van der Waals surface area contributed by atoms with Gasteiger partial charge in [-0.05, 0) is 0 Å². The van der Waals surface area contributed by atoms with E-state index in [0.29, 0.717) is 0 Å². The van der Waals surface area contributed by atoms with Gasteiger partial charge in [0.1, 0.15) is 0 Å². The molecule has 0 amide bonds. The molecule has 0 radical (unpaired) electrons. The summed E-state index contributed by atoms with van der Waals surface area (Å²) in [5.41, 5.74) is 1.14. The first-order valence-electron chi connectivity index (χ1n) is 6.98. The Labute approximate surface area is 128 Å². The third-order valence-corrected chi connectivity index (χ3v) is 4.27. The summed E-state index contributed by atoms with van der Waals surface area (Å²) in [4.78, 5) is 0. The molecule has 0 saturated heterocycles. The Morgan fingerprint density at radius 1 is 1.37 bits per heavy atom. The summed E-state index contributed by atoms with van der Waals surface area (Å²) in [5.74, 6) is 3.98. The van der Waals surface area contributed by atoms with E-state index in [1.165, 1.54) is 19.3 Å². The summed E-state index contributed by atoms with van der Waals surface area (Å²) >= 11 is 0. The fourth-order valence-electron chi connectivity index (χ4n) is 2.74. The summed E-state index contributed by atoms with van der Waals surface area (Å²) in [5, 5.41) is 0. The Morgan fingerprint density at radius 3 is 2.47 bits per heavy atom. The van der Waals surface area contributed by atoms with Crippen LogP contribution in [0.2, 0.25) is 0 Å². The molecule has 0 spiro atoms. The van der Waals surface area contributed by atoms with Crippen molar-refractivity contribution in [1.82, 2.24) is 0 Å². The first-order valence-corrected chi connectivity index (χ1v) is 6.98. The van der Waals surface area contributed by atoms with Crippen LogP contribution in [-0.4, -0.2) is 0 Å². The largest absolute Gasteiger partial charge is 4.00 e. The number of fused-ring (bicyclic) bond motifs is 1. The van der Waals surface area contributed by atoms with Crippen LogP contribution in [0.3, 0.4) is 0 Å².